The van der Waals surface area contributed by atoms with Gasteiger partial charge in [0, 0.05) is 18.4 Å². The molecule has 1 aliphatic heterocycles. The van der Waals surface area contributed by atoms with E-state index in [2.05, 4.69) is 26.7 Å². The van der Waals surface area contributed by atoms with Crippen LogP contribution in [0.1, 0.15) is 26.5 Å². The zero-order valence-corrected chi connectivity index (χ0v) is 20.7. The monoisotopic (exact) mass is 507 g/mol. The lowest BCUT2D eigenvalue weighted by Crippen LogP contribution is -2.44. The van der Waals surface area contributed by atoms with Crippen LogP contribution in [0.15, 0.2) is 36.0 Å². The highest BCUT2D eigenvalue weighted by Crippen LogP contribution is 2.47. The third-order valence-electron chi connectivity index (χ3n) is 6.13. The summed E-state index contributed by atoms with van der Waals surface area (Å²) < 4.78 is 0. The van der Waals surface area contributed by atoms with E-state index in [1.807, 2.05) is 20.8 Å². The first kappa shape index (κ1) is 23.8. The maximum absolute atomic E-state index is 13.5. The third kappa shape index (κ3) is 4.42. The van der Waals surface area contributed by atoms with E-state index in [9.17, 15) is 9.59 Å². The summed E-state index contributed by atoms with van der Waals surface area (Å²) in [7, 11) is 0. The Kier molecular flexibility index (Phi) is 6.84. The van der Waals surface area contributed by atoms with Crippen molar-refractivity contribution in [2.45, 2.75) is 33.4 Å². The Hall–Kier alpha value is -2.35. The predicted molar refractivity (Wildman–Crippen MR) is 131 cm³/mol. The minimum absolute atomic E-state index is 0.0906. The van der Waals surface area contributed by atoms with Gasteiger partial charge in [-0.25, -0.2) is 9.97 Å². The van der Waals surface area contributed by atoms with E-state index in [1.54, 1.807) is 29.3 Å². The maximum Gasteiger partial charge on any atom is 0.232 e. The Morgan fingerprint density at radius 2 is 1.91 bits per heavy atom. The maximum atomic E-state index is 13.5. The molecule has 7 nitrogen and oxygen atoms in total. The van der Waals surface area contributed by atoms with E-state index in [-0.39, 0.29) is 39.3 Å². The van der Waals surface area contributed by atoms with Crippen LogP contribution in [0.2, 0.25) is 15.1 Å². The molecule has 2 aliphatic rings. The average molecular weight is 509 g/mol. The second-order valence-electron chi connectivity index (χ2n) is 8.32. The van der Waals surface area contributed by atoms with Gasteiger partial charge >= 0.3 is 0 Å². The number of hydrogen-bond donors (Lipinski definition) is 2. The van der Waals surface area contributed by atoms with Crippen LogP contribution in [0.3, 0.4) is 0 Å². The van der Waals surface area contributed by atoms with Gasteiger partial charge in [-0.2, -0.15) is 0 Å². The van der Waals surface area contributed by atoms with Crippen LogP contribution in [-0.2, 0) is 16.1 Å². The molecule has 33 heavy (non-hydrogen) atoms. The molecule has 1 aromatic carbocycles. The second-order valence-corrected chi connectivity index (χ2v) is 9.51. The Morgan fingerprint density at radius 1 is 1.21 bits per heavy atom. The van der Waals surface area contributed by atoms with Gasteiger partial charge in [0.25, 0.3) is 0 Å². The van der Waals surface area contributed by atoms with Gasteiger partial charge in [-0.15, -0.1) is 0 Å². The normalized spacial score (nSPS) is 24.0. The van der Waals surface area contributed by atoms with E-state index >= 15 is 0 Å². The van der Waals surface area contributed by atoms with E-state index < -0.39 is 17.9 Å². The minimum atomic E-state index is -0.555. The summed E-state index contributed by atoms with van der Waals surface area (Å²) in [6.45, 7) is 6.79. The molecule has 0 saturated carbocycles. The van der Waals surface area contributed by atoms with Crippen LogP contribution in [0.4, 0.5) is 11.6 Å². The van der Waals surface area contributed by atoms with E-state index in [4.69, 9.17) is 34.8 Å². The number of allylic oxidation sites excluding steroid dienone is 1. The Bertz CT molecular complexity index is 1120. The fourth-order valence-electron chi connectivity index (χ4n) is 4.77. The molecule has 2 aromatic rings. The highest BCUT2D eigenvalue weighted by molar-refractivity contribution is 6.48. The molecule has 1 aliphatic carbocycles. The molecule has 174 valence electrons. The number of hydrogen-bond acceptors (Lipinski definition) is 5. The smallest absolute Gasteiger partial charge is 0.232 e. The van der Waals surface area contributed by atoms with Gasteiger partial charge in [0.2, 0.25) is 17.8 Å². The highest BCUT2D eigenvalue weighted by Gasteiger charge is 2.56. The number of fused-ring (bicyclic) bond motifs is 2. The molecule has 10 heteroatoms. The summed E-state index contributed by atoms with van der Waals surface area (Å²) in [6.07, 6.45) is 3.70. The van der Waals surface area contributed by atoms with Crippen molar-refractivity contribution in [3.63, 3.8) is 0 Å². The van der Waals surface area contributed by atoms with Gasteiger partial charge in [-0.1, -0.05) is 53.4 Å². The molecule has 4 rings (SSSR count). The molecule has 1 saturated heterocycles. The molecule has 2 amide bonds. The molecule has 1 fully saturated rings. The van der Waals surface area contributed by atoms with E-state index in [0.29, 0.717) is 23.9 Å². The molecule has 4 unspecified atom stereocenters. The second kappa shape index (κ2) is 9.49. The SMILES string of the molecule is CCNc1nccc(CNC(=O)C2C3C(=O)N(c4cc(Cl)c(Cl)c(Cl)c4)C2C(C)=CC3C)n1. The van der Waals surface area contributed by atoms with Crippen LogP contribution in [0.5, 0.6) is 0 Å². The first-order valence-corrected chi connectivity index (χ1v) is 11.9. The number of nitrogens with zero attached hydrogens (tertiary/aromatic N) is 3. The molecule has 2 heterocycles. The Balaban J connectivity index is 1.62. The van der Waals surface area contributed by atoms with Crippen LogP contribution < -0.4 is 15.5 Å². The minimum Gasteiger partial charge on any atom is -0.354 e. The summed E-state index contributed by atoms with van der Waals surface area (Å²) in [5, 5.41) is 6.76. The van der Waals surface area contributed by atoms with Crippen molar-refractivity contribution in [3.8, 4) is 0 Å². The topological polar surface area (TPSA) is 87.2 Å². The largest absolute Gasteiger partial charge is 0.354 e. The molecule has 4 atom stereocenters. The van der Waals surface area contributed by atoms with Crippen molar-refractivity contribution in [3.05, 3.63) is 56.8 Å². The molecular formula is C23H24Cl3N5O2. The standard InChI is InChI=1S/C23H24Cl3N5O2/c1-4-27-23-28-6-5-13(30-23)10-29-21(32)18-17-11(2)7-12(3)20(18)31(22(17)33)14-8-15(24)19(26)16(25)9-14/h5-9,11,17-18,20H,4,10H2,1-3H3,(H,29,32)(H,27,28,30). The highest BCUT2D eigenvalue weighted by atomic mass is 35.5. The number of anilines is 2. The average Bonchev–Trinajstić information content (AvgIpc) is 3.04. The van der Waals surface area contributed by atoms with Crippen LogP contribution in [-0.4, -0.2) is 34.4 Å². The van der Waals surface area contributed by atoms with Gasteiger partial charge in [-0.3, -0.25) is 9.59 Å². The van der Waals surface area contributed by atoms with Gasteiger partial charge in [0.05, 0.1) is 45.2 Å². The van der Waals surface area contributed by atoms with Crippen molar-refractivity contribution >= 4 is 58.3 Å². The zero-order valence-electron chi connectivity index (χ0n) is 18.4. The lowest BCUT2D eigenvalue weighted by Gasteiger charge is -2.32. The quantitative estimate of drug-likeness (QED) is 0.435. The molecule has 2 bridgehead atoms. The number of rotatable bonds is 6. The lowest BCUT2D eigenvalue weighted by atomic mass is 9.74. The summed E-state index contributed by atoms with van der Waals surface area (Å²) in [6, 6.07) is 4.55. The number of carbonyl (C=O) groups is 2. The predicted octanol–water partition coefficient (Wildman–Crippen LogP) is 4.73. The van der Waals surface area contributed by atoms with Crippen LogP contribution >= 0.6 is 34.8 Å². The number of amides is 2. The van der Waals surface area contributed by atoms with Crippen molar-refractivity contribution in [2.24, 2.45) is 17.8 Å². The summed E-state index contributed by atoms with van der Waals surface area (Å²) in [5.74, 6) is -0.962. The number of halogens is 3. The number of nitrogens with one attached hydrogen (secondary N) is 2. The lowest BCUT2D eigenvalue weighted by molar-refractivity contribution is -0.131. The van der Waals surface area contributed by atoms with Crippen molar-refractivity contribution < 1.29 is 9.59 Å². The van der Waals surface area contributed by atoms with Crippen LogP contribution in [0, 0.1) is 17.8 Å². The van der Waals surface area contributed by atoms with Gasteiger partial charge in [0.15, 0.2) is 0 Å². The summed E-state index contributed by atoms with van der Waals surface area (Å²) in [5.41, 5.74) is 2.15. The van der Waals surface area contributed by atoms with Crippen molar-refractivity contribution in [1.29, 1.82) is 0 Å². The molecule has 1 aromatic heterocycles. The van der Waals surface area contributed by atoms with Gasteiger partial charge in [-0.05, 0) is 38.0 Å². The first-order chi connectivity index (χ1) is 15.7. The molecular weight excluding hydrogens is 485 g/mol. The Morgan fingerprint density at radius 3 is 2.58 bits per heavy atom. The fourth-order valence-corrected chi connectivity index (χ4v) is 5.36. The van der Waals surface area contributed by atoms with Gasteiger partial charge in [0.1, 0.15) is 0 Å². The third-order valence-corrected chi connectivity index (χ3v) is 7.32. The molecule has 0 radical (unpaired) electrons. The number of aromatic nitrogens is 2. The summed E-state index contributed by atoms with van der Waals surface area (Å²) in [4.78, 5) is 37.1. The van der Waals surface area contributed by atoms with Crippen molar-refractivity contribution in [2.75, 3.05) is 16.8 Å². The van der Waals surface area contributed by atoms with E-state index in [0.717, 1.165) is 5.57 Å². The first-order valence-electron chi connectivity index (χ1n) is 10.7. The summed E-state index contributed by atoms with van der Waals surface area (Å²) >= 11 is 18.6. The Labute approximate surface area is 207 Å². The van der Waals surface area contributed by atoms with Crippen molar-refractivity contribution in [1.82, 2.24) is 15.3 Å². The number of benzene rings is 1. The molecule has 2 N–H and O–H groups in total. The fraction of sp³-hybridized carbons (Fsp3) is 0.391. The van der Waals surface area contributed by atoms with Crippen LogP contribution in [0.25, 0.3) is 0 Å². The number of carbonyl (C=O) groups excluding carboxylic acids is 2. The van der Waals surface area contributed by atoms with Gasteiger partial charge < -0.3 is 15.5 Å². The zero-order chi connectivity index (χ0) is 23.9. The molecule has 0 spiro atoms. The van der Waals surface area contributed by atoms with E-state index in [1.165, 1.54) is 0 Å².